The van der Waals surface area contributed by atoms with E-state index in [4.69, 9.17) is 16.3 Å². The molecule has 0 spiro atoms. The van der Waals surface area contributed by atoms with Crippen LogP contribution in [0.1, 0.15) is 5.69 Å². The molecule has 18 heavy (non-hydrogen) atoms. The summed E-state index contributed by atoms with van der Waals surface area (Å²) in [5.74, 6) is 0.422. The number of pyridine rings is 1. The van der Waals surface area contributed by atoms with Crippen LogP contribution in [0.2, 0.25) is 5.02 Å². The van der Waals surface area contributed by atoms with Crippen molar-refractivity contribution >= 4 is 17.3 Å². The van der Waals surface area contributed by atoms with Gasteiger partial charge >= 0.3 is 0 Å². The van der Waals surface area contributed by atoms with Gasteiger partial charge in [-0.05, 0) is 18.2 Å². The van der Waals surface area contributed by atoms with Crippen molar-refractivity contribution in [3.05, 3.63) is 63.4 Å². The predicted molar refractivity (Wildman–Crippen MR) is 66.7 cm³/mol. The van der Waals surface area contributed by atoms with E-state index < -0.39 is 4.92 Å². The van der Waals surface area contributed by atoms with Crippen molar-refractivity contribution < 1.29 is 9.66 Å². The van der Waals surface area contributed by atoms with Crippen LogP contribution in [0.4, 0.5) is 5.69 Å². The van der Waals surface area contributed by atoms with E-state index >= 15 is 0 Å². The highest BCUT2D eigenvalue weighted by molar-refractivity contribution is 6.30. The molecule has 0 aliphatic carbocycles. The van der Waals surface area contributed by atoms with E-state index in [1.165, 1.54) is 12.1 Å². The van der Waals surface area contributed by atoms with Crippen LogP contribution >= 0.6 is 11.6 Å². The molecular weight excluding hydrogens is 256 g/mol. The molecule has 2 rings (SSSR count). The van der Waals surface area contributed by atoms with Gasteiger partial charge in [-0.15, -0.1) is 0 Å². The van der Waals surface area contributed by atoms with Crippen molar-refractivity contribution in [2.75, 3.05) is 0 Å². The molecule has 0 unspecified atom stereocenters. The molecule has 0 radical (unpaired) electrons. The maximum atomic E-state index is 10.6. The number of aromatic nitrogens is 1. The first-order chi connectivity index (χ1) is 8.65. The minimum Gasteiger partial charge on any atom is -0.487 e. The van der Waals surface area contributed by atoms with Crippen LogP contribution in [0.25, 0.3) is 0 Å². The van der Waals surface area contributed by atoms with Gasteiger partial charge in [0.05, 0.1) is 16.7 Å². The Balaban J connectivity index is 2.06. The SMILES string of the molecule is O=[N+]([O-])c1cccc(OCc2cc(Cl)ccn2)c1. The lowest BCUT2D eigenvalue weighted by Gasteiger charge is -2.05. The minimum absolute atomic E-state index is 0.00782. The summed E-state index contributed by atoms with van der Waals surface area (Å²) >= 11 is 5.81. The zero-order valence-corrected chi connectivity index (χ0v) is 10.0. The number of nitrogens with zero attached hydrogens (tertiary/aromatic N) is 2. The van der Waals surface area contributed by atoms with Gasteiger partial charge in [-0.2, -0.15) is 0 Å². The molecule has 0 bridgehead atoms. The molecule has 0 N–H and O–H groups in total. The van der Waals surface area contributed by atoms with Gasteiger partial charge in [0.15, 0.2) is 0 Å². The molecule has 1 heterocycles. The van der Waals surface area contributed by atoms with Gasteiger partial charge in [0.1, 0.15) is 12.4 Å². The third-order valence-electron chi connectivity index (χ3n) is 2.19. The lowest BCUT2D eigenvalue weighted by molar-refractivity contribution is -0.384. The fourth-order valence-electron chi connectivity index (χ4n) is 1.37. The van der Waals surface area contributed by atoms with E-state index in [1.54, 1.807) is 30.5 Å². The van der Waals surface area contributed by atoms with Gasteiger partial charge in [-0.1, -0.05) is 17.7 Å². The molecule has 0 fully saturated rings. The Hall–Kier alpha value is -2.14. The number of rotatable bonds is 4. The average Bonchev–Trinajstić information content (AvgIpc) is 2.37. The van der Waals surface area contributed by atoms with Crippen molar-refractivity contribution in [2.45, 2.75) is 6.61 Å². The van der Waals surface area contributed by atoms with E-state index in [0.717, 1.165) is 0 Å². The topological polar surface area (TPSA) is 65.3 Å². The van der Waals surface area contributed by atoms with Gasteiger partial charge in [0.25, 0.3) is 5.69 Å². The third kappa shape index (κ3) is 3.18. The van der Waals surface area contributed by atoms with E-state index in [0.29, 0.717) is 16.5 Å². The van der Waals surface area contributed by atoms with Crippen LogP contribution < -0.4 is 4.74 Å². The van der Waals surface area contributed by atoms with Crippen molar-refractivity contribution in [1.82, 2.24) is 4.98 Å². The number of ether oxygens (including phenoxy) is 1. The summed E-state index contributed by atoms with van der Waals surface area (Å²) in [4.78, 5) is 14.2. The predicted octanol–water partition coefficient (Wildman–Crippen LogP) is 3.22. The van der Waals surface area contributed by atoms with E-state index in [2.05, 4.69) is 4.98 Å². The molecule has 0 amide bonds. The van der Waals surface area contributed by atoms with Crippen LogP contribution in [-0.4, -0.2) is 9.91 Å². The standard InChI is InChI=1S/C12H9ClN2O3/c13-9-4-5-14-10(6-9)8-18-12-3-1-2-11(7-12)15(16)17/h1-7H,8H2. The highest BCUT2D eigenvalue weighted by Gasteiger charge is 2.06. The number of hydrogen-bond acceptors (Lipinski definition) is 4. The molecule has 0 saturated heterocycles. The molecule has 6 heteroatoms. The van der Waals surface area contributed by atoms with E-state index in [-0.39, 0.29) is 12.3 Å². The summed E-state index contributed by atoms with van der Waals surface area (Å²) in [6.45, 7) is 0.210. The van der Waals surface area contributed by atoms with Gasteiger partial charge in [-0.25, -0.2) is 0 Å². The molecule has 0 aliphatic heterocycles. The van der Waals surface area contributed by atoms with Crippen molar-refractivity contribution in [3.8, 4) is 5.75 Å². The van der Waals surface area contributed by atoms with Crippen LogP contribution in [-0.2, 0) is 6.61 Å². The second-order valence-electron chi connectivity index (χ2n) is 3.51. The number of nitro benzene ring substituents is 1. The summed E-state index contributed by atoms with van der Waals surface area (Å²) in [7, 11) is 0. The van der Waals surface area contributed by atoms with Crippen molar-refractivity contribution in [1.29, 1.82) is 0 Å². The summed E-state index contributed by atoms with van der Waals surface area (Å²) in [5.41, 5.74) is 0.653. The fourth-order valence-corrected chi connectivity index (χ4v) is 1.55. The molecule has 0 atom stereocenters. The number of halogens is 1. The molecule has 1 aromatic heterocycles. The largest absolute Gasteiger partial charge is 0.487 e. The smallest absolute Gasteiger partial charge is 0.273 e. The first-order valence-corrected chi connectivity index (χ1v) is 5.50. The summed E-state index contributed by atoms with van der Waals surface area (Å²) in [6, 6.07) is 9.34. The van der Waals surface area contributed by atoms with Crippen LogP contribution in [0.3, 0.4) is 0 Å². The molecule has 0 aliphatic rings. The Kier molecular flexibility index (Phi) is 3.74. The second kappa shape index (κ2) is 5.46. The lowest BCUT2D eigenvalue weighted by atomic mass is 10.3. The highest BCUT2D eigenvalue weighted by Crippen LogP contribution is 2.20. The zero-order valence-electron chi connectivity index (χ0n) is 9.25. The maximum absolute atomic E-state index is 10.6. The summed E-state index contributed by atoms with van der Waals surface area (Å²) < 4.78 is 5.41. The highest BCUT2D eigenvalue weighted by atomic mass is 35.5. The molecule has 2 aromatic rings. The van der Waals surface area contributed by atoms with E-state index in [9.17, 15) is 10.1 Å². The Morgan fingerprint density at radius 2 is 2.17 bits per heavy atom. The summed E-state index contributed by atoms with van der Waals surface area (Å²) in [5, 5.41) is 11.2. The normalized spacial score (nSPS) is 10.1. The fraction of sp³-hybridized carbons (Fsp3) is 0.0833. The van der Waals surface area contributed by atoms with Gasteiger partial charge in [0, 0.05) is 17.3 Å². The second-order valence-corrected chi connectivity index (χ2v) is 3.94. The van der Waals surface area contributed by atoms with E-state index in [1.807, 2.05) is 0 Å². The molecule has 1 aromatic carbocycles. The first kappa shape index (κ1) is 12.3. The Morgan fingerprint density at radius 1 is 1.33 bits per heavy atom. The first-order valence-electron chi connectivity index (χ1n) is 5.13. The maximum Gasteiger partial charge on any atom is 0.273 e. The van der Waals surface area contributed by atoms with Crippen molar-refractivity contribution in [2.24, 2.45) is 0 Å². The third-order valence-corrected chi connectivity index (χ3v) is 2.43. The lowest BCUT2D eigenvalue weighted by Crippen LogP contribution is -1.98. The molecule has 0 saturated carbocycles. The van der Waals surface area contributed by atoms with Crippen LogP contribution in [0, 0.1) is 10.1 Å². The number of hydrogen-bond donors (Lipinski definition) is 0. The number of nitro groups is 1. The molecule has 92 valence electrons. The van der Waals surface area contributed by atoms with Crippen LogP contribution in [0.5, 0.6) is 5.75 Å². The zero-order chi connectivity index (χ0) is 13.0. The Bertz CT molecular complexity index is 575. The van der Waals surface area contributed by atoms with Crippen molar-refractivity contribution in [3.63, 3.8) is 0 Å². The minimum atomic E-state index is -0.468. The molecule has 5 nitrogen and oxygen atoms in total. The summed E-state index contributed by atoms with van der Waals surface area (Å²) in [6.07, 6.45) is 1.58. The van der Waals surface area contributed by atoms with Gasteiger partial charge < -0.3 is 4.74 Å². The Labute approximate surface area is 108 Å². The molecular formula is C12H9ClN2O3. The Morgan fingerprint density at radius 3 is 2.89 bits per heavy atom. The number of benzene rings is 1. The average molecular weight is 265 g/mol. The quantitative estimate of drug-likeness (QED) is 0.628. The van der Waals surface area contributed by atoms with Gasteiger partial charge in [0.2, 0.25) is 0 Å². The van der Waals surface area contributed by atoms with Crippen LogP contribution in [0.15, 0.2) is 42.6 Å². The number of non-ortho nitro benzene ring substituents is 1. The monoisotopic (exact) mass is 264 g/mol. The van der Waals surface area contributed by atoms with Gasteiger partial charge in [-0.3, -0.25) is 15.1 Å².